The van der Waals surface area contributed by atoms with Crippen molar-refractivity contribution in [1.82, 2.24) is 19.6 Å². The molecule has 0 aliphatic rings. The second-order valence-electron chi connectivity index (χ2n) is 6.44. The number of nitrogens with zero attached hydrogens (tertiary/aromatic N) is 5. The molecule has 2 heterocycles. The maximum absolute atomic E-state index is 14.6. The zero-order valence-electron chi connectivity index (χ0n) is 15.7. The smallest absolute Gasteiger partial charge is 0.217 e. The Balaban J connectivity index is 1.89. The number of benzene rings is 2. The lowest BCUT2D eigenvalue weighted by atomic mass is 9.97. The topological polar surface area (TPSA) is 66.9 Å². The quantitative estimate of drug-likeness (QED) is 0.494. The van der Waals surface area contributed by atoms with Crippen LogP contribution in [0.4, 0.5) is 8.78 Å². The van der Waals surface area contributed by atoms with Gasteiger partial charge in [-0.2, -0.15) is 14.9 Å². The molecule has 0 amide bonds. The summed E-state index contributed by atoms with van der Waals surface area (Å²) in [6, 6.07) is 10.3. The second-order valence-corrected chi connectivity index (χ2v) is 6.44. The van der Waals surface area contributed by atoms with Crippen LogP contribution in [0.3, 0.4) is 0 Å². The highest BCUT2D eigenvalue weighted by Crippen LogP contribution is 2.32. The fraction of sp³-hybridized carbons (Fsp3) is 0.0909. The maximum atomic E-state index is 14.6. The normalized spacial score (nSPS) is 11.6. The molecule has 0 unspecified atom stereocenters. The molecule has 0 fully saturated rings. The van der Waals surface area contributed by atoms with E-state index in [-0.39, 0.29) is 16.7 Å². The molecule has 0 aliphatic carbocycles. The Morgan fingerprint density at radius 3 is 2.72 bits per heavy atom. The minimum absolute atomic E-state index is 0.00133. The lowest BCUT2D eigenvalue weighted by Gasteiger charge is -2.10. The molecule has 0 spiro atoms. The first kappa shape index (κ1) is 18.4. The number of fused-ring (bicyclic) bond motifs is 1. The molecule has 2 aromatic carbocycles. The van der Waals surface area contributed by atoms with Crippen molar-refractivity contribution in [2.24, 2.45) is 0 Å². The second kappa shape index (κ2) is 7.24. The predicted molar refractivity (Wildman–Crippen MR) is 106 cm³/mol. The first-order valence-corrected chi connectivity index (χ1v) is 8.86. The van der Waals surface area contributed by atoms with E-state index in [1.807, 2.05) is 26.0 Å². The van der Waals surface area contributed by atoms with E-state index in [0.717, 1.165) is 5.57 Å². The molecule has 0 saturated heterocycles. The summed E-state index contributed by atoms with van der Waals surface area (Å²) in [4.78, 5) is 8.77. The molecule has 7 heteroatoms. The highest BCUT2D eigenvalue weighted by atomic mass is 19.1. The summed E-state index contributed by atoms with van der Waals surface area (Å²) in [6.45, 7) is 3.84. The van der Waals surface area contributed by atoms with E-state index in [9.17, 15) is 14.0 Å². The number of halogens is 2. The molecule has 0 aliphatic heterocycles. The number of allylic oxidation sites excluding steroid dienone is 2. The van der Waals surface area contributed by atoms with Crippen LogP contribution < -0.4 is 0 Å². The van der Waals surface area contributed by atoms with Gasteiger partial charge in [0.1, 0.15) is 11.6 Å². The van der Waals surface area contributed by atoms with Crippen LogP contribution in [0, 0.1) is 23.0 Å². The summed E-state index contributed by atoms with van der Waals surface area (Å²) < 4.78 is 30.5. The molecule has 0 atom stereocenters. The van der Waals surface area contributed by atoms with Crippen LogP contribution in [0.1, 0.15) is 25.1 Å². The Morgan fingerprint density at radius 1 is 1.14 bits per heavy atom. The number of imidazole rings is 1. The molecule has 2 aromatic heterocycles. The van der Waals surface area contributed by atoms with Crippen molar-refractivity contribution in [1.29, 1.82) is 5.26 Å². The van der Waals surface area contributed by atoms with E-state index in [0.29, 0.717) is 22.7 Å². The lowest BCUT2D eigenvalue weighted by Crippen LogP contribution is -2.00. The van der Waals surface area contributed by atoms with Crippen LogP contribution in [0.25, 0.3) is 33.7 Å². The summed E-state index contributed by atoms with van der Waals surface area (Å²) in [7, 11) is 0. The molecular weight excluding hydrogens is 372 g/mol. The Bertz CT molecular complexity index is 1310. The van der Waals surface area contributed by atoms with Gasteiger partial charge in [-0.05, 0) is 49.8 Å². The maximum Gasteiger partial charge on any atom is 0.251 e. The number of aromatic nitrogens is 4. The molecule has 0 radical (unpaired) electrons. The summed E-state index contributed by atoms with van der Waals surface area (Å²) in [6.07, 6.45) is 5.13. The van der Waals surface area contributed by atoms with E-state index in [2.05, 4.69) is 15.1 Å². The van der Waals surface area contributed by atoms with Gasteiger partial charge in [0.2, 0.25) is 0 Å². The van der Waals surface area contributed by atoms with Crippen molar-refractivity contribution in [3.8, 4) is 28.5 Å². The number of hydrogen-bond acceptors (Lipinski definition) is 4. The summed E-state index contributed by atoms with van der Waals surface area (Å²) in [5.41, 5.74) is 2.82. The predicted octanol–water partition coefficient (Wildman–Crippen LogP) is 5.03. The molecule has 142 valence electrons. The third-order valence-corrected chi connectivity index (χ3v) is 4.74. The largest absolute Gasteiger partial charge is 0.251 e. The van der Waals surface area contributed by atoms with E-state index in [1.54, 1.807) is 18.5 Å². The van der Waals surface area contributed by atoms with Gasteiger partial charge in [-0.15, -0.1) is 0 Å². The number of hydrogen-bond donors (Lipinski definition) is 0. The fourth-order valence-electron chi connectivity index (χ4n) is 3.08. The van der Waals surface area contributed by atoms with Gasteiger partial charge in [0.25, 0.3) is 5.78 Å². The van der Waals surface area contributed by atoms with Crippen LogP contribution >= 0.6 is 0 Å². The molecule has 0 saturated carbocycles. The minimum Gasteiger partial charge on any atom is -0.217 e. The van der Waals surface area contributed by atoms with Gasteiger partial charge in [-0.3, -0.25) is 0 Å². The van der Waals surface area contributed by atoms with Gasteiger partial charge in [0, 0.05) is 16.7 Å². The van der Waals surface area contributed by atoms with Crippen molar-refractivity contribution in [3.63, 3.8) is 0 Å². The molecule has 0 N–H and O–H groups in total. The van der Waals surface area contributed by atoms with E-state index < -0.39 is 11.6 Å². The first-order chi connectivity index (χ1) is 14.0. The van der Waals surface area contributed by atoms with Crippen LogP contribution in [-0.2, 0) is 0 Å². The average molecular weight is 387 g/mol. The Labute approximate surface area is 165 Å². The van der Waals surface area contributed by atoms with Gasteiger partial charge in [-0.1, -0.05) is 12.1 Å². The number of nitriles is 1. The zero-order valence-corrected chi connectivity index (χ0v) is 15.7. The third-order valence-electron chi connectivity index (χ3n) is 4.74. The highest BCUT2D eigenvalue weighted by Gasteiger charge is 2.17. The lowest BCUT2D eigenvalue weighted by molar-refractivity contribution is 0.616. The summed E-state index contributed by atoms with van der Waals surface area (Å²) in [5, 5.41) is 13.7. The molecule has 4 aromatic rings. The van der Waals surface area contributed by atoms with E-state index in [1.165, 1.54) is 34.8 Å². The van der Waals surface area contributed by atoms with Gasteiger partial charge in [0.05, 0.1) is 35.4 Å². The van der Waals surface area contributed by atoms with Crippen LogP contribution in [0.5, 0.6) is 0 Å². The molecule has 5 nitrogen and oxygen atoms in total. The monoisotopic (exact) mass is 387 g/mol. The first-order valence-electron chi connectivity index (χ1n) is 8.86. The minimum atomic E-state index is -0.662. The van der Waals surface area contributed by atoms with Gasteiger partial charge in [-0.25, -0.2) is 18.7 Å². The van der Waals surface area contributed by atoms with Gasteiger partial charge < -0.3 is 0 Å². The van der Waals surface area contributed by atoms with Crippen molar-refractivity contribution in [3.05, 3.63) is 77.8 Å². The molecular formula is C22H15F2N5. The van der Waals surface area contributed by atoms with Crippen molar-refractivity contribution in [2.75, 3.05) is 0 Å². The van der Waals surface area contributed by atoms with Crippen molar-refractivity contribution >= 4 is 11.4 Å². The fourth-order valence-corrected chi connectivity index (χ4v) is 3.08. The van der Waals surface area contributed by atoms with E-state index >= 15 is 0 Å². The van der Waals surface area contributed by atoms with Crippen LogP contribution in [-0.4, -0.2) is 19.6 Å². The highest BCUT2D eigenvalue weighted by molar-refractivity contribution is 5.76. The number of rotatable bonds is 3. The Kier molecular flexibility index (Phi) is 4.61. The zero-order chi connectivity index (χ0) is 20.5. The van der Waals surface area contributed by atoms with Crippen LogP contribution in [0.15, 0.2) is 54.9 Å². The molecule has 29 heavy (non-hydrogen) atoms. The molecule has 0 bridgehead atoms. The van der Waals surface area contributed by atoms with Gasteiger partial charge in [0.15, 0.2) is 0 Å². The summed E-state index contributed by atoms with van der Waals surface area (Å²) >= 11 is 0. The van der Waals surface area contributed by atoms with Gasteiger partial charge >= 0.3 is 0 Å². The summed E-state index contributed by atoms with van der Waals surface area (Å²) in [5.74, 6) is -0.890. The standard InChI is InChI=1S/C22H15F2N5/c1-3-13(2)19-11-27-29-20(12-26-22(29)28-19)14-7-8-17(23)16(9-14)21-15(10-25)5-4-6-18(21)24/h3-9,11-12H,1-2H3/b13-3+. The third kappa shape index (κ3) is 3.15. The van der Waals surface area contributed by atoms with Crippen molar-refractivity contribution in [2.45, 2.75) is 13.8 Å². The Hall–Kier alpha value is -3.92. The molecule has 4 rings (SSSR count). The SMILES string of the molecule is C/C=C(\C)c1cnn2c(-c3ccc(F)c(-c4c(F)cccc4C#N)c3)cnc2n1. The van der Waals surface area contributed by atoms with Crippen LogP contribution in [0.2, 0.25) is 0 Å². The van der Waals surface area contributed by atoms with Crippen molar-refractivity contribution < 1.29 is 8.78 Å². The average Bonchev–Trinajstić information content (AvgIpc) is 3.17. The Morgan fingerprint density at radius 2 is 1.97 bits per heavy atom. The van der Waals surface area contributed by atoms with E-state index in [4.69, 9.17) is 0 Å².